The second-order valence-corrected chi connectivity index (χ2v) is 5.70. The van der Waals surface area contributed by atoms with Gasteiger partial charge in [-0.3, -0.25) is 9.69 Å². The second kappa shape index (κ2) is 6.33. The molecule has 1 aromatic carbocycles. The number of ketones is 1. The highest BCUT2D eigenvalue weighted by atomic mass is 19.1. The van der Waals surface area contributed by atoms with Crippen molar-refractivity contribution >= 4 is 5.78 Å². The number of Topliss-reactive ketones (excluding diaryl/α,β-unsaturated/α-hetero) is 1. The normalized spacial score (nSPS) is 19.7. The Labute approximate surface area is 118 Å². The first-order chi connectivity index (χ1) is 9.45. The standard InChI is InChI=1S/C15H21FN2O2/c1-17-6-5-11(8-17)9-18(2)10-15(20)13-7-12(16)3-4-14(13)19/h3-4,7,11,19H,5-6,8-10H2,1-2H3. The topological polar surface area (TPSA) is 43.8 Å². The summed E-state index contributed by atoms with van der Waals surface area (Å²) >= 11 is 0. The lowest BCUT2D eigenvalue weighted by atomic mass is 10.1. The first kappa shape index (κ1) is 14.9. The summed E-state index contributed by atoms with van der Waals surface area (Å²) in [5.41, 5.74) is 0.0559. The van der Waals surface area contributed by atoms with Crippen LogP contribution in [0.1, 0.15) is 16.8 Å². The number of rotatable bonds is 5. The van der Waals surface area contributed by atoms with E-state index in [1.807, 2.05) is 11.9 Å². The Hall–Kier alpha value is -1.46. The maximum Gasteiger partial charge on any atom is 0.180 e. The van der Waals surface area contributed by atoms with Crippen LogP contribution in [0.5, 0.6) is 5.75 Å². The van der Waals surface area contributed by atoms with Crippen molar-refractivity contribution in [3.8, 4) is 5.75 Å². The SMILES string of the molecule is CN1CCC(CN(C)CC(=O)c2cc(F)ccc2O)C1. The minimum Gasteiger partial charge on any atom is -0.507 e. The van der Waals surface area contributed by atoms with E-state index in [-0.39, 0.29) is 23.6 Å². The number of likely N-dealkylation sites (tertiary alicyclic amines) is 1. The summed E-state index contributed by atoms with van der Waals surface area (Å²) < 4.78 is 13.1. The molecule has 110 valence electrons. The van der Waals surface area contributed by atoms with Gasteiger partial charge < -0.3 is 10.0 Å². The van der Waals surface area contributed by atoms with Gasteiger partial charge in [0, 0.05) is 13.1 Å². The van der Waals surface area contributed by atoms with Gasteiger partial charge in [-0.05, 0) is 51.2 Å². The Morgan fingerprint density at radius 3 is 2.95 bits per heavy atom. The first-order valence-corrected chi connectivity index (χ1v) is 6.84. The summed E-state index contributed by atoms with van der Waals surface area (Å²) in [6, 6.07) is 3.45. The molecule has 1 N–H and O–H groups in total. The molecule has 1 heterocycles. The molecule has 0 radical (unpaired) electrons. The number of likely N-dealkylation sites (N-methyl/N-ethyl adjacent to an activating group) is 1. The van der Waals surface area contributed by atoms with Gasteiger partial charge in [0.25, 0.3) is 0 Å². The van der Waals surface area contributed by atoms with Gasteiger partial charge in [0.2, 0.25) is 0 Å². The highest BCUT2D eigenvalue weighted by Gasteiger charge is 2.22. The molecule has 0 bridgehead atoms. The van der Waals surface area contributed by atoms with Gasteiger partial charge >= 0.3 is 0 Å². The number of phenolic OH excluding ortho intramolecular Hbond substituents is 1. The number of carbonyl (C=O) groups excluding carboxylic acids is 1. The third-order valence-corrected chi connectivity index (χ3v) is 3.73. The molecule has 1 saturated heterocycles. The fraction of sp³-hybridized carbons (Fsp3) is 0.533. The summed E-state index contributed by atoms with van der Waals surface area (Å²) in [6.45, 7) is 3.17. The summed E-state index contributed by atoms with van der Waals surface area (Å²) in [4.78, 5) is 16.3. The number of phenols is 1. The minimum atomic E-state index is -0.508. The lowest BCUT2D eigenvalue weighted by molar-refractivity contribution is 0.0935. The molecule has 20 heavy (non-hydrogen) atoms. The molecule has 5 heteroatoms. The maximum absolute atomic E-state index is 13.1. The zero-order valence-corrected chi connectivity index (χ0v) is 12.0. The van der Waals surface area contributed by atoms with Gasteiger partial charge in [-0.2, -0.15) is 0 Å². The zero-order chi connectivity index (χ0) is 14.7. The molecule has 0 saturated carbocycles. The molecule has 1 aromatic rings. The van der Waals surface area contributed by atoms with Crippen molar-refractivity contribution in [1.29, 1.82) is 0 Å². The number of halogens is 1. The number of hydrogen-bond acceptors (Lipinski definition) is 4. The van der Waals surface area contributed by atoms with Crippen molar-refractivity contribution < 1.29 is 14.3 Å². The van der Waals surface area contributed by atoms with Crippen molar-refractivity contribution in [2.75, 3.05) is 40.3 Å². The molecule has 1 fully saturated rings. The quantitative estimate of drug-likeness (QED) is 0.832. The molecule has 2 rings (SSSR count). The van der Waals surface area contributed by atoms with Crippen LogP contribution in [0.4, 0.5) is 4.39 Å². The van der Waals surface area contributed by atoms with E-state index < -0.39 is 5.82 Å². The third kappa shape index (κ3) is 3.77. The Morgan fingerprint density at radius 1 is 1.55 bits per heavy atom. The number of carbonyl (C=O) groups is 1. The molecule has 0 amide bonds. The van der Waals surface area contributed by atoms with Crippen LogP contribution >= 0.6 is 0 Å². The van der Waals surface area contributed by atoms with Crippen molar-refractivity contribution in [2.24, 2.45) is 5.92 Å². The van der Waals surface area contributed by atoms with E-state index in [1.54, 1.807) is 0 Å². The molecule has 1 aliphatic rings. The molecule has 1 aliphatic heterocycles. The van der Waals surface area contributed by atoms with Gasteiger partial charge in [0.15, 0.2) is 5.78 Å². The van der Waals surface area contributed by atoms with E-state index >= 15 is 0 Å². The van der Waals surface area contributed by atoms with Gasteiger partial charge in [-0.25, -0.2) is 4.39 Å². The number of hydrogen-bond donors (Lipinski definition) is 1. The third-order valence-electron chi connectivity index (χ3n) is 3.73. The summed E-state index contributed by atoms with van der Waals surface area (Å²) in [6.07, 6.45) is 1.14. The fourth-order valence-electron chi connectivity index (χ4n) is 2.74. The van der Waals surface area contributed by atoms with Crippen LogP contribution < -0.4 is 0 Å². The average Bonchev–Trinajstić information content (AvgIpc) is 2.77. The van der Waals surface area contributed by atoms with Gasteiger partial charge in [-0.15, -0.1) is 0 Å². The van der Waals surface area contributed by atoms with E-state index in [4.69, 9.17) is 0 Å². The number of nitrogens with zero attached hydrogens (tertiary/aromatic N) is 2. The monoisotopic (exact) mass is 280 g/mol. The molecule has 0 aromatic heterocycles. The van der Waals surface area contributed by atoms with Crippen LogP contribution in [0.15, 0.2) is 18.2 Å². The number of aromatic hydroxyl groups is 1. The minimum absolute atomic E-state index is 0.0559. The van der Waals surface area contributed by atoms with Crippen LogP contribution in [-0.4, -0.2) is 61.0 Å². The predicted molar refractivity (Wildman–Crippen MR) is 75.5 cm³/mol. The Morgan fingerprint density at radius 2 is 2.30 bits per heavy atom. The highest BCUT2D eigenvalue weighted by Crippen LogP contribution is 2.19. The fourth-order valence-corrected chi connectivity index (χ4v) is 2.74. The first-order valence-electron chi connectivity index (χ1n) is 6.84. The molecule has 4 nitrogen and oxygen atoms in total. The van der Waals surface area contributed by atoms with E-state index in [9.17, 15) is 14.3 Å². The second-order valence-electron chi connectivity index (χ2n) is 5.70. The molecule has 1 unspecified atom stereocenters. The van der Waals surface area contributed by atoms with Crippen LogP contribution in [0.2, 0.25) is 0 Å². The van der Waals surface area contributed by atoms with E-state index in [0.29, 0.717) is 5.92 Å². The molecular formula is C15H21FN2O2. The number of benzene rings is 1. The highest BCUT2D eigenvalue weighted by molar-refractivity contribution is 5.99. The van der Waals surface area contributed by atoms with Crippen LogP contribution in [0, 0.1) is 11.7 Å². The average molecular weight is 280 g/mol. The van der Waals surface area contributed by atoms with Crippen molar-refractivity contribution in [1.82, 2.24) is 9.80 Å². The maximum atomic E-state index is 13.1. The Balaban J connectivity index is 1.92. The molecular weight excluding hydrogens is 259 g/mol. The Bertz CT molecular complexity index is 493. The largest absolute Gasteiger partial charge is 0.507 e. The predicted octanol–water partition coefficient (Wildman–Crippen LogP) is 1.60. The molecule has 0 aliphatic carbocycles. The van der Waals surface area contributed by atoms with Gasteiger partial charge in [0.05, 0.1) is 12.1 Å². The van der Waals surface area contributed by atoms with Crippen LogP contribution in [-0.2, 0) is 0 Å². The Kier molecular flexibility index (Phi) is 4.73. The van der Waals surface area contributed by atoms with Gasteiger partial charge in [-0.1, -0.05) is 0 Å². The molecule has 0 spiro atoms. The lowest BCUT2D eigenvalue weighted by Gasteiger charge is -2.20. The molecule has 1 atom stereocenters. The zero-order valence-electron chi connectivity index (χ0n) is 12.0. The van der Waals surface area contributed by atoms with Crippen LogP contribution in [0.25, 0.3) is 0 Å². The van der Waals surface area contributed by atoms with E-state index in [1.165, 1.54) is 6.07 Å². The van der Waals surface area contributed by atoms with Crippen LogP contribution in [0.3, 0.4) is 0 Å². The van der Waals surface area contributed by atoms with Crippen molar-refractivity contribution in [2.45, 2.75) is 6.42 Å². The van der Waals surface area contributed by atoms with Gasteiger partial charge in [0.1, 0.15) is 11.6 Å². The summed E-state index contributed by atoms with van der Waals surface area (Å²) in [7, 11) is 3.97. The summed E-state index contributed by atoms with van der Waals surface area (Å²) in [5.74, 6) is -0.355. The van der Waals surface area contributed by atoms with Crippen molar-refractivity contribution in [3.63, 3.8) is 0 Å². The summed E-state index contributed by atoms with van der Waals surface area (Å²) in [5, 5.41) is 9.62. The van der Waals surface area contributed by atoms with E-state index in [0.717, 1.165) is 38.2 Å². The smallest absolute Gasteiger partial charge is 0.180 e. The lowest BCUT2D eigenvalue weighted by Crippen LogP contribution is -2.32. The van der Waals surface area contributed by atoms with Crippen molar-refractivity contribution in [3.05, 3.63) is 29.6 Å². The van der Waals surface area contributed by atoms with E-state index in [2.05, 4.69) is 11.9 Å².